The van der Waals surface area contributed by atoms with Crippen molar-refractivity contribution in [2.24, 2.45) is 0 Å². The van der Waals surface area contributed by atoms with E-state index in [9.17, 15) is 45.6 Å². The fourth-order valence-electron chi connectivity index (χ4n) is 4.66. The highest BCUT2D eigenvalue weighted by molar-refractivity contribution is 5.82. The Hall–Kier alpha value is -3.15. The van der Waals surface area contributed by atoms with Gasteiger partial charge in [-0.1, -0.05) is 6.07 Å². The molecule has 3 aromatic rings. The first-order chi connectivity index (χ1) is 19.6. The van der Waals surface area contributed by atoms with Gasteiger partial charge in [-0.3, -0.25) is 4.79 Å². The molecule has 14 nitrogen and oxygen atoms in total. The summed E-state index contributed by atoms with van der Waals surface area (Å²) >= 11 is 0. The van der Waals surface area contributed by atoms with Crippen molar-refractivity contribution in [2.75, 3.05) is 13.2 Å². The zero-order chi connectivity index (χ0) is 29.4. The number of aliphatic hydroxyl groups excluding tert-OH is 7. The standard InChI is InChI=1S/C27H30O14/c28-7-12-5-11(1-4-16(12)29)15-8-37-18-6-13(2-3-14(18)20(15)31)40-27-25(36)23(34)22(33)19(41-27)10-39-26-24(35)21(32)17(30)9-38-26/h1-6,8,17,19,21-30,32-36H,7,9-10H2. The Morgan fingerprint density at radius 2 is 1.63 bits per heavy atom. The van der Waals surface area contributed by atoms with Gasteiger partial charge in [-0.15, -0.1) is 0 Å². The summed E-state index contributed by atoms with van der Waals surface area (Å²) in [5.41, 5.74) is 0.612. The molecule has 41 heavy (non-hydrogen) atoms. The molecule has 9 unspecified atom stereocenters. The van der Waals surface area contributed by atoms with Gasteiger partial charge in [-0.25, -0.2) is 0 Å². The SMILES string of the molecule is O=c1c(-c2ccc(O)c(CO)c2)coc2cc(OC3OC(COC4OCC(O)C(O)C4O)C(O)C(O)C3O)ccc12. The average molecular weight is 579 g/mol. The second kappa shape index (κ2) is 12.0. The van der Waals surface area contributed by atoms with Gasteiger partial charge < -0.3 is 64.2 Å². The second-order valence-corrected chi connectivity index (χ2v) is 9.85. The molecule has 0 amide bonds. The van der Waals surface area contributed by atoms with Crippen LogP contribution in [0.15, 0.2) is 51.9 Å². The molecule has 2 fully saturated rings. The number of hydrogen-bond donors (Lipinski definition) is 8. The molecule has 9 atom stereocenters. The fourth-order valence-corrected chi connectivity index (χ4v) is 4.66. The maximum Gasteiger partial charge on any atom is 0.229 e. The van der Waals surface area contributed by atoms with Crippen LogP contribution in [0.25, 0.3) is 22.1 Å². The predicted octanol–water partition coefficient (Wildman–Crippen LogP) is -1.70. The van der Waals surface area contributed by atoms with Gasteiger partial charge in [0.05, 0.1) is 30.8 Å². The average Bonchev–Trinajstić information content (AvgIpc) is 2.97. The molecule has 0 spiro atoms. The Labute approximate surface area is 231 Å². The van der Waals surface area contributed by atoms with Crippen molar-refractivity contribution in [1.29, 1.82) is 0 Å². The van der Waals surface area contributed by atoms with Crippen LogP contribution < -0.4 is 10.2 Å². The third kappa shape index (κ3) is 5.80. The lowest BCUT2D eigenvalue weighted by molar-refractivity contribution is -0.307. The Balaban J connectivity index is 1.31. The fraction of sp³-hybridized carbons (Fsp3) is 0.444. The minimum Gasteiger partial charge on any atom is -0.508 e. The van der Waals surface area contributed by atoms with Crippen molar-refractivity contribution in [3.05, 3.63) is 58.4 Å². The van der Waals surface area contributed by atoms with Crippen LogP contribution in [0, 0.1) is 0 Å². The Bertz CT molecular complexity index is 1420. The van der Waals surface area contributed by atoms with Crippen molar-refractivity contribution in [3.8, 4) is 22.6 Å². The van der Waals surface area contributed by atoms with Crippen LogP contribution in [0.4, 0.5) is 0 Å². The maximum absolute atomic E-state index is 13.1. The highest BCUT2D eigenvalue weighted by Crippen LogP contribution is 2.29. The van der Waals surface area contributed by atoms with E-state index in [1.54, 1.807) is 0 Å². The lowest BCUT2D eigenvalue weighted by atomic mass is 9.99. The smallest absolute Gasteiger partial charge is 0.229 e. The third-order valence-electron chi connectivity index (χ3n) is 7.11. The van der Waals surface area contributed by atoms with Crippen LogP contribution in [-0.4, -0.2) is 109 Å². The minimum absolute atomic E-state index is 0.0936. The summed E-state index contributed by atoms with van der Waals surface area (Å²) in [4.78, 5) is 13.1. The molecule has 0 bridgehead atoms. The zero-order valence-corrected chi connectivity index (χ0v) is 21.4. The van der Waals surface area contributed by atoms with E-state index in [1.807, 2.05) is 0 Å². The van der Waals surface area contributed by atoms with Gasteiger partial charge in [0.25, 0.3) is 0 Å². The van der Waals surface area contributed by atoms with Gasteiger partial charge in [0.15, 0.2) is 11.7 Å². The summed E-state index contributed by atoms with van der Waals surface area (Å²) in [6.45, 7) is -1.17. The van der Waals surface area contributed by atoms with Gasteiger partial charge in [-0.05, 0) is 29.8 Å². The quantitative estimate of drug-likeness (QED) is 0.156. The topological polar surface area (TPSA) is 229 Å². The normalized spacial score (nSPS) is 32.2. The number of aromatic hydroxyl groups is 1. The molecule has 2 saturated heterocycles. The number of benzene rings is 2. The molecule has 14 heteroatoms. The molecule has 0 radical (unpaired) electrons. The number of ether oxygens (including phenoxy) is 4. The van der Waals surface area contributed by atoms with Crippen molar-refractivity contribution in [3.63, 3.8) is 0 Å². The van der Waals surface area contributed by atoms with Crippen molar-refractivity contribution >= 4 is 11.0 Å². The summed E-state index contributed by atoms with van der Waals surface area (Å²) in [6.07, 6.45) is -12.3. The van der Waals surface area contributed by atoms with E-state index in [1.165, 1.54) is 42.7 Å². The van der Waals surface area contributed by atoms with Gasteiger partial charge in [0.2, 0.25) is 6.29 Å². The van der Waals surface area contributed by atoms with Gasteiger partial charge in [0.1, 0.15) is 66.1 Å². The summed E-state index contributed by atoms with van der Waals surface area (Å²) in [7, 11) is 0. The molecule has 8 N–H and O–H groups in total. The van der Waals surface area contributed by atoms with Crippen LogP contribution in [0.3, 0.4) is 0 Å². The second-order valence-electron chi connectivity index (χ2n) is 9.85. The van der Waals surface area contributed by atoms with E-state index in [2.05, 4.69) is 0 Å². The number of fused-ring (bicyclic) bond motifs is 1. The van der Waals surface area contributed by atoms with Crippen LogP contribution in [0.1, 0.15) is 5.56 Å². The van der Waals surface area contributed by atoms with Crippen molar-refractivity contribution < 1.29 is 64.2 Å². The lowest BCUT2D eigenvalue weighted by Gasteiger charge is -2.41. The van der Waals surface area contributed by atoms with Gasteiger partial charge >= 0.3 is 0 Å². The monoisotopic (exact) mass is 578 g/mol. The highest BCUT2D eigenvalue weighted by atomic mass is 16.7. The van der Waals surface area contributed by atoms with E-state index >= 15 is 0 Å². The summed E-state index contributed by atoms with van der Waals surface area (Å²) < 4.78 is 27.5. The Morgan fingerprint density at radius 3 is 2.39 bits per heavy atom. The van der Waals surface area contributed by atoms with E-state index in [0.717, 1.165) is 0 Å². The first kappa shape index (κ1) is 29.3. The molecule has 3 heterocycles. The molecule has 0 saturated carbocycles. The first-order valence-electron chi connectivity index (χ1n) is 12.7. The summed E-state index contributed by atoms with van der Waals surface area (Å²) in [5.74, 6) is -0.0172. The van der Waals surface area contributed by atoms with Gasteiger partial charge in [-0.2, -0.15) is 0 Å². The molecule has 0 aliphatic carbocycles. The third-order valence-corrected chi connectivity index (χ3v) is 7.11. The zero-order valence-electron chi connectivity index (χ0n) is 21.4. The molecule has 222 valence electrons. The molecular weight excluding hydrogens is 548 g/mol. The van der Waals surface area contributed by atoms with Crippen LogP contribution >= 0.6 is 0 Å². The number of hydrogen-bond acceptors (Lipinski definition) is 14. The van der Waals surface area contributed by atoms with Crippen LogP contribution in [0.5, 0.6) is 11.5 Å². The minimum atomic E-state index is -1.71. The lowest BCUT2D eigenvalue weighted by Crippen LogP contribution is -2.61. The number of rotatable bonds is 7. The van der Waals surface area contributed by atoms with E-state index in [0.29, 0.717) is 5.56 Å². The highest BCUT2D eigenvalue weighted by Gasteiger charge is 2.46. The summed E-state index contributed by atoms with van der Waals surface area (Å²) in [6, 6.07) is 8.55. The maximum atomic E-state index is 13.1. The molecule has 2 aliphatic heterocycles. The predicted molar refractivity (Wildman–Crippen MR) is 137 cm³/mol. The molecule has 5 rings (SSSR count). The van der Waals surface area contributed by atoms with E-state index in [4.69, 9.17) is 23.4 Å². The largest absolute Gasteiger partial charge is 0.508 e. The number of phenols is 1. The first-order valence-corrected chi connectivity index (χ1v) is 12.7. The van der Waals surface area contributed by atoms with E-state index < -0.39 is 68.5 Å². The van der Waals surface area contributed by atoms with Crippen LogP contribution in [0.2, 0.25) is 0 Å². The molecular formula is C27H30O14. The molecule has 2 aliphatic rings. The number of aliphatic hydroxyl groups is 7. The van der Waals surface area contributed by atoms with Crippen molar-refractivity contribution in [1.82, 2.24) is 0 Å². The summed E-state index contributed by atoms with van der Waals surface area (Å²) in [5, 5.41) is 80.0. The Morgan fingerprint density at radius 1 is 0.878 bits per heavy atom. The van der Waals surface area contributed by atoms with E-state index in [-0.39, 0.29) is 45.6 Å². The van der Waals surface area contributed by atoms with Crippen LogP contribution in [-0.2, 0) is 20.8 Å². The molecule has 2 aromatic carbocycles. The van der Waals surface area contributed by atoms with Gasteiger partial charge in [0, 0.05) is 11.6 Å². The molecule has 1 aromatic heterocycles. The Kier molecular flexibility index (Phi) is 8.58. The van der Waals surface area contributed by atoms with Crippen molar-refractivity contribution in [2.45, 2.75) is 61.9 Å².